The molecule has 1 heterocycles. The van der Waals surface area contributed by atoms with E-state index in [9.17, 15) is 13.2 Å². The fourth-order valence-electron chi connectivity index (χ4n) is 2.91. The highest BCUT2D eigenvalue weighted by molar-refractivity contribution is 7.89. The average molecular weight is 361 g/mol. The molecule has 0 radical (unpaired) electrons. The van der Waals surface area contributed by atoms with Gasteiger partial charge in [0, 0.05) is 19.1 Å². The molecule has 1 aliphatic heterocycles. The van der Waals surface area contributed by atoms with Crippen molar-refractivity contribution >= 4 is 27.6 Å². The molecule has 0 spiro atoms. The maximum Gasteiger partial charge on any atom is 0.317 e. The van der Waals surface area contributed by atoms with Gasteiger partial charge in [-0.3, -0.25) is 9.69 Å². The summed E-state index contributed by atoms with van der Waals surface area (Å²) in [6.45, 7) is 3.27. The normalized spacial score (nSPS) is 17.5. The smallest absolute Gasteiger partial charge is 0.317 e. The van der Waals surface area contributed by atoms with Crippen molar-refractivity contribution in [3.8, 4) is 0 Å². The summed E-state index contributed by atoms with van der Waals surface area (Å²) in [7, 11) is -3.61. The molecule has 0 atom stereocenters. The van der Waals surface area contributed by atoms with Gasteiger partial charge in [-0.15, -0.1) is 0 Å². The van der Waals surface area contributed by atoms with Gasteiger partial charge in [0.1, 0.15) is 4.90 Å². The van der Waals surface area contributed by atoms with Crippen LogP contribution in [0.4, 0.5) is 0 Å². The first-order chi connectivity index (χ1) is 10.9. The van der Waals surface area contributed by atoms with Crippen LogP contribution in [0.25, 0.3) is 0 Å². The first-order valence-electron chi connectivity index (χ1n) is 7.56. The lowest BCUT2D eigenvalue weighted by Gasteiger charge is -2.36. The van der Waals surface area contributed by atoms with Gasteiger partial charge in [0.15, 0.2) is 0 Å². The third kappa shape index (κ3) is 4.23. The second-order valence-electron chi connectivity index (χ2n) is 5.52. The summed E-state index contributed by atoms with van der Waals surface area (Å²) in [4.78, 5) is 12.9. The first-order valence-corrected chi connectivity index (χ1v) is 9.38. The SMILES string of the molecule is CCN(CC(=O)O)C1CCN(S(=O)(=O)c2ccccc2Cl)CC1. The van der Waals surface area contributed by atoms with Gasteiger partial charge in [-0.25, -0.2) is 8.42 Å². The zero-order valence-corrected chi connectivity index (χ0v) is 14.6. The van der Waals surface area contributed by atoms with E-state index < -0.39 is 16.0 Å². The molecule has 0 aliphatic carbocycles. The second kappa shape index (κ2) is 7.61. The molecule has 0 bridgehead atoms. The third-order valence-corrected chi connectivity index (χ3v) is 6.54. The van der Waals surface area contributed by atoms with E-state index >= 15 is 0 Å². The molecule has 8 heteroatoms. The van der Waals surface area contributed by atoms with Crippen molar-refractivity contribution in [3.63, 3.8) is 0 Å². The van der Waals surface area contributed by atoms with Crippen LogP contribution in [-0.2, 0) is 14.8 Å². The molecule has 6 nitrogen and oxygen atoms in total. The summed E-state index contributed by atoms with van der Waals surface area (Å²) in [5, 5.41) is 9.16. The molecule has 0 aromatic heterocycles. The predicted octanol–water partition coefficient (Wildman–Crippen LogP) is 1.90. The fraction of sp³-hybridized carbons (Fsp3) is 0.533. The monoisotopic (exact) mass is 360 g/mol. The molecular formula is C15H21ClN2O4S. The third-order valence-electron chi connectivity index (χ3n) is 4.14. The minimum atomic E-state index is -3.61. The number of carbonyl (C=O) groups is 1. The Balaban J connectivity index is 2.06. The molecule has 1 aromatic carbocycles. The molecule has 0 unspecified atom stereocenters. The highest BCUT2D eigenvalue weighted by atomic mass is 35.5. The van der Waals surface area contributed by atoms with Gasteiger partial charge in [-0.05, 0) is 31.5 Å². The van der Waals surface area contributed by atoms with E-state index in [1.165, 1.54) is 10.4 Å². The molecule has 128 valence electrons. The van der Waals surface area contributed by atoms with Crippen molar-refractivity contribution in [2.24, 2.45) is 0 Å². The zero-order chi connectivity index (χ0) is 17.0. The van der Waals surface area contributed by atoms with Gasteiger partial charge in [0.25, 0.3) is 0 Å². The van der Waals surface area contributed by atoms with Gasteiger partial charge in [0.2, 0.25) is 10.0 Å². The summed E-state index contributed by atoms with van der Waals surface area (Å²) in [6, 6.07) is 6.50. The van der Waals surface area contributed by atoms with E-state index in [0.29, 0.717) is 32.5 Å². The molecule has 0 saturated carbocycles. The van der Waals surface area contributed by atoms with Crippen molar-refractivity contribution in [2.45, 2.75) is 30.7 Å². The van der Waals surface area contributed by atoms with Crippen LogP contribution in [0.3, 0.4) is 0 Å². The average Bonchev–Trinajstić information content (AvgIpc) is 2.53. The minimum absolute atomic E-state index is 0.0154. The Kier molecular flexibility index (Phi) is 6.02. The van der Waals surface area contributed by atoms with E-state index in [1.54, 1.807) is 18.2 Å². The Morgan fingerprint density at radius 3 is 2.48 bits per heavy atom. The molecule has 1 aromatic rings. The predicted molar refractivity (Wildman–Crippen MR) is 88.1 cm³/mol. The highest BCUT2D eigenvalue weighted by Crippen LogP contribution is 2.27. The molecule has 1 saturated heterocycles. The summed E-state index contributed by atoms with van der Waals surface area (Å²) in [5.74, 6) is -0.863. The maximum absolute atomic E-state index is 12.7. The number of nitrogens with zero attached hydrogens (tertiary/aromatic N) is 2. The van der Waals surface area contributed by atoms with Gasteiger partial charge in [0.05, 0.1) is 11.6 Å². The number of likely N-dealkylation sites (N-methyl/N-ethyl adjacent to an activating group) is 1. The van der Waals surface area contributed by atoms with Crippen molar-refractivity contribution < 1.29 is 18.3 Å². The Hall–Kier alpha value is -1.15. The molecule has 23 heavy (non-hydrogen) atoms. The van der Waals surface area contributed by atoms with Gasteiger partial charge >= 0.3 is 5.97 Å². The summed E-state index contributed by atoms with van der Waals surface area (Å²) < 4.78 is 26.8. The van der Waals surface area contributed by atoms with E-state index in [4.69, 9.17) is 16.7 Å². The lowest BCUT2D eigenvalue weighted by atomic mass is 10.0. The molecular weight excluding hydrogens is 340 g/mol. The van der Waals surface area contributed by atoms with E-state index in [2.05, 4.69) is 0 Å². The van der Waals surface area contributed by atoms with Crippen molar-refractivity contribution in [1.29, 1.82) is 0 Å². The Morgan fingerprint density at radius 2 is 1.96 bits per heavy atom. The lowest BCUT2D eigenvalue weighted by Crippen LogP contribution is -2.48. The molecule has 1 N–H and O–H groups in total. The molecule has 1 fully saturated rings. The number of benzene rings is 1. The Bertz CT molecular complexity index is 657. The van der Waals surface area contributed by atoms with Crippen LogP contribution in [0.1, 0.15) is 19.8 Å². The summed E-state index contributed by atoms with van der Waals surface area (Å²) in [5.41, 5.74) is 0. The maximum atomic E-state index is 12.7. The number of carboxylic acids is 1. The van der Waals surface area contributed by atoms with Gasteiger partial charge < -0.3 is 5.11 Å². The van der Waals surface area contributed by atoms with Crippen LogP contribution >= 0.6 is 11.6 Å². The van der Waals surface area contributed by atoms with E-state index in [0.717, 1.165) is 0 Å². The summed E-state index contributed by atoms with van der Waals surface area (Å²) in [6.07, 6.45) is 1.23. The zero-order valence-electron chi connectivity index (χ0n) is 13.0. The Labute approximate surface area is 141 Å². The number of sulfonamides is 1. The quantitative estimate of drug-likeness (QED) is 0.838. The van der Waals surface area contributed by atoms with Crippen molar-refractivity contribution in [2.75, 3.05) is 26.2 Å². The van der Waals surface area contributed by atoms with Crippen LogP contribution in [0, 0.1) is 0 Å². The summed E-state index contributed by atoms with van der Waals surface area (Å²) >= 11 is 6.01. The van der Waals surface area contributed by atoms with Crippen LogP contribution in [0.2, 0.25) is 5.02 Å². The largest absolute Gasteiger partial charge is 0.480 e. The number of rotatable bonds is 6. The number of aliphatic carboxylic acids is 1. The molecule has 2 rings (SSSR count). The van der Waals surface area contributed by atoms with Crippen LogP contribution in [0.15, 0.2) is 29.2 Å². The van der Waals surface area contributed by atoms with E-state index in [1.807, 2.05) is 11.8 Å². The highest BCUT2D eigenvalue weighted by Gasteiger charge is 2.32. The number of hydrogen-bond acceptors (Lipinski definition) is 4. The van der Waals surface area contributed by atoms with Gasteiger partial charge in [-0.1, -0.05) is 30.7 Å². The van der Waals surface area contributed by atoms with Crippen LogP contribution in [0.5, 0.6) is 0 Å². The fourth-order valence-corrected chi connectivity index (χ4v) is 4.88. The van der Waals surface area contributed by atoms with Gasteiger partial charge in [-0.2, -0.15) is 4.31 Å². The standard InChI is InChI=1S/C15H21ClN2O4S/c1-2-17(11-15(19)20)12-7-9-18(10-8-12)23(21,22)14-6-4-3-5-13(14)16/h3-6,12H,2,7-11H2,1H3,(H,19,20). The second-order valence-corrected chi connectivity index (χ2v) is 7.84. The minimum Gasteiger partial charge on any atom is -0.480 e. The number of halogens is 1. The first kappa shape index (κ1) is 18.2. The van der Waals surface area contributed by atoms with Crippen LogP contribution < -0.4 is 0 Å². The number of piperidine rings is 1. The van der Waals surface area contributed by atoms with Crippen molar-refractivity contribution in [1.82, 2.24) is 9.21 Å². The topological polar surface area (TPSA) is 77.9 Å². The number of hydrogen-bond donors (Lipinski definition) is 1. The Morgan fingerprint density at radius 1 is 1.35 bits per heavy atom. The lowest BCUT2D eigenvalue weighted by molar-refractivity contribution is -0.139. The molecule has 0 amide bonds. The van der Waals surface area contributed by atoms with Crippen molar-refractivity contribution in [3.05, 3.63) is 29.3 Å². The molecule has 1 aliphatic rings. The number of carboxylic acid groups (broad SMARTS) is 1. The van der Waals surface area contributed by atoms with E-state index in [-0.39, 0.29) is 22.5 Å². The van der Waals surface area contributed by atoms with Crippen LogP contribution in [-0.4, -0.2) is 60.9 Å².